The number of aliphatic hydroxyl groups excluding tert-OH is 1. The SMILES string of the molecule is OC[C@@H]1CO[C@](c2ccccc2)(C(Br)c2ccccc2)C1. The molecule has 0 aliphatic carbocycles. The predicted molar refractivity (Wildman–Crippen MR) is 87.4 cm³/mol. The van der Waals surface area contributed by atoms with E-state index in [9.17, 15) is 5.11 Å². The Bertz CT molecular complexity index is 572. The maximum absolute atomic E-state index is 9.50. The molecule has 21 heavy (non-hydrogen) atoms. The minimum absolute atomic E-state index is 0.0603. The lowest BCUT2D eigenvalue weighted by atomic mass is 9.82. The number of benzene rings is 2. The van der Waals surface area contributed by atoms with Crippen molar-refractivity contribution in [1.29, 1.82) is 0 Å². The van der Waals surface area contributed by atoms with E-state index in [-0.39, 0.29) is 17.4 Å². The number of hydrogen-bond donors (Lipinski definition) is 1. The van der Waals surface area contributed by atoms with Crippen LogP contribution in [0.1, 0.15) is 22.4 Å². The third-order valence-electron chi connectivity index (χ3n) is 4.19. The fraction of sp³-hybridized carbons (Fsp3) is 0.333. The molecular formula is C18H19BrO2. The molecule has 0 bridgehead atoms. The highest BCUT2D eigenvalue weighted by Crippen LogP contribution is 2.51. The van der Waals surface area contributed by atoms with Crippen LogP contribution in [0.3, 0.4) is 0 Å². The monoisotopic (exact) mass is 346 g/mol. The summed E-state index contributed by atoms with van der Waals surface area (Å²) >= 11 is 3.86. The molecule has 3 heteroatoms. The quantitative estimate of drug-likeness (QED) is 0.846. The second-order valence-corrected chi connectivity index (χ2v) is 6.51. The van der Waals surface area contributed by atoms with Gasteiger partial charge < -0.3 is 9.84 Å². The molecular weight excluding hydrogens is 328 g/mol. The first-order chi connectivity index (χ1) is 10.3. The highest BCUT2D eigenvalue weighted by atomic mass is 79.9. The first kappa shape index (κ1) is 14.8. The predicted octanol–water partition coefficient (Wildman–Crippen LogP) is 4.05. The van der Waals surface area contributed by atoms with E-state index in [1.807, 2.05) is 36.4 Å². The zero-order valence-corrected chi connectivity index (χ0v) is 13.4. The van der Waals surface area contributed by atoms with Crippen LogP contribution in [0.2, 0.25) is 0 Å². The minimum Gasteiger partial charge on any atom is -0.396 e. The molecule has 1 N–H and O–H groups in total. The standard InChI is InChI=1S/C18H19BrO2/c19-17(15-7-3-1-4-8-15)18(11-14(12-20)13-21-18)16-9-5-2-6-10-16/h1-10,14,17,20H,11-13H2/t14-,17?,18-/m1/s1. The van der Waals surface area contributed by atoms with Gasteiger partial charge in [-0.05, 0) is 17.5 Å². The van der Waals surface area contributed by atoms with Gasteiger partial charge in [-0.2, -0.15) is 0 Å². The number of ether oxygens (including phenoxy) is 1. The molecule has 1 saturated heterocycles. The first-order valence-electron chi connectivity index (χ1n) is 7.25. The Morgan fingerprint density at radius 1 is 1.10 bits per heavy atom. The summed E-state index contributed by atoms with van der Waals surface area (Å²) in [5.41, 5.74) is 1.93. The van der Waals surface area contributed by atoms with Crippen LogP contribution < -0.4 is 0 Å². The average molecular weight is 347 g/mol. The molecule has 0 spiro atoms. The van der Waals surface area contributed by atoms with Crippen molar-refractivity contribution in [2.45, 2.75) is 16.8 Å². The van der Waals surface area contributed by atoms with E-state index >= 15 is 0 Å². The van der Waals surface area contributed by atoms with Crippen LogP contribution in [0.4, 0.5) is 0 Å². The van der Waals surface area contributed by atoms with Gasteiger partial charge in [0, 0.05) is 12.5 Å². The van der Waals surface area contributed by atoms with Gasteiger partial charge in [-0.15, -0.1) is 0 Å². The highest BCUT2D eigenvalue weighted by Gasteiger charge is 2.47. The Kier molecular flexibility index (Phi) is 4.43. The molecule has 2 aromatic rings. The third kappa shape index (κ3) is 2.78. The Labute approximate surface area is 133 Å². The number of halogens is 1. The largest absolute Gasteiger partial charge is 0.396 e. The molecule has 2 aromatic carbocycles. The smallest absolute Gasteiger partial charge is 0.110 e. The molecule has 1 fully saturated rings. The second-order valence-electron chi connectivity index (χ2n) is 5.59. The number of aliphatic hydroxyl groups is 1. The van der Waals surface area contributed by atoms with Crippen LogP contribution in [-0.2, 0) is 10.3 Å². The van der Waals surface area contributed by atoms with Gasteiger partial charge in [-0.1, -0.05) is 76.6 Å². The van der Waals surface area contributed by atoms with Crippen LogP contribution in [0, 0.1) is 5.92 Å². The minimum atomic E-state index is -0.421. The van der Waals surface area contributed by atoms with E-state index in [0.29, 0.717) is 6.61 Å². The molecule has 0 aromatic heterocycles. The molecule has 0 saturated carbocycles. The Hall–Kier alpha value is -1.16. The van der Waals surface area contributed by atoms with Crippen LogP contribution in [0.15, 0.2) is 60.7 Å². The summed E-state index contributed by atoms with van der Waals surface area (Å²) in [4.78, 5) is 0.0603. The molecule has 0 radical (unpaired) electrons. The maximum Gasteiger partial charge on any atom is 0.110 e. The normalized spacial score (nSPS) is 26.7. The molecule has 1 unspecified atom stereocenters. The molecule has 1 aliphatic rings. The van der Waals surface area contributed by atoms with Gasteiger partial charge in [-0.25, -0.2) is 0 Å². The van der Waals surface area contributed by atoms with Gasteiger partial charge in [0.2, 0.25) is 0 Å². The van der Waals surface area contributed by atoms with E-state index in [1.165, 1.54) is 5.56 Å². The summed E-state index contributed by atoms with van der Waals surface area (Å²) in [7, 11) is 0. The van der Waals surface area contributed by atoms with Gasteiger partial charge >= 0.3 is 0 Å². The number of alkyl halides is 1. The molecule has 1 aliphatic heterocycles. The van der Waals surface area contributed by atoms with Crippen molar-refractivity contribution in [3.63, 3.8) is 0 Å². The zero-order chi connectivity index (χ0) is 14.7. The number of rotatable bonds is 4. The van der Waals surface area contributed by atoms with E-state index in [1.54, 1.807) is 0 Å². The van der Waals surface area contributed by atoms with Crippen LogP contribution in [-0.4, -0.2) is 18.3 Å². The maximum atomic E-state index is 9.50. The lowest BCUT2D eigenvalue weighted by Gasteiger charge is -2.34. The van der Waals surface area contributed by atoms with Crippen molar-refractivity contribution in [1.82, 2.24) is 0 Å². The van der Waals surface area contributed by atoms with E-state index in [0.717, 1.165) is 12.0 Å². The Morgan fingerprint density at radius 2 is 1.71 bits per heavy atom. The van der Waals surface area contributed by atoms with E-state index in [2.05, 4.69) is 40.2 Å². The summed E-state index contributed by atoms with van der Waals surface area (Å²) in [6, 6.07) is 20.6. The van der Waals surface area contributed by atoms with Crippen molar-refractivity contribution >= 4 is 15.9 Å². The molecule has 2 nitrogen and oxygen atoms in total. The lowest BCUT2D eigenvalue weighted by Crippen LogP contribution is -2.30. The summed E-state index contributed by atoms with van der Waals surface area (Å²) in [6.07, 6.45) is 0.818. The van der Waals surface area contributed by atoms with Gasteiger partial charge in [0.05, 0.1) is 11.4 Å². The van der Waals surface area contributed by atoms with Crippen LogP contribution in [0.5, 0.6) is 0 Å². The van der Waals surface area contributed by atoms with Crippen molar-refractivity contribution in [3.05, 3.63) is 71.8 Å². The highest BCUT2D eigenvalue weighted by molar-refractivity contribution is 9.09. The van der Waals surface area contributed by atoms with Crippen molar-refractivity contribution in [2.24, 2.45) is 5.92 Å². The fourth-order valence-corrected chi connectivity index (χ4v) is 3.95. The summed E-state index contributed by atoms with van der Waals surface area (Å²) in [6.45, 7) is 0.767. The van der Waals surface area contributed by atoms with Gasteiger partial charge in [-0.3, -0.25) is 0 Å². The summed E-state index contributed by atoms with van der Waals surface area (Å²) < 4.78 is 6.24. The Morgan fingerprint density at radius 3 is 2.29 bits per heavy atom. The van der Waals surface area contributed by atoms with Gasteiger partial charge in [0.1, 0.15) is 5.60 Å². The Balaban J connectivity index is 2.01. The van der Waals surface area contributed by atoms with Crippen LogP contribution in [0.25, 0.3) is 0 Å². The molecule has 3 atom stereocenters. The van der Waals surface area contributed by atoms with Crippen molar-refractivity contribution in [2.75, 3.05) is 13.2 Å². The van der Waals surface area contributed by atoms with E-state index in [4.69, 9.17) is 4.74 Å². The lowest BCUT2D eigenvalue weighted by molar-refractivity contribution is -0.00212. The molecule has 0 amide bonds. The van der Waals surface area contributed by atoms with Gasteiger partial charge in [0.25, 0.3) is 0 Å². The topological polar surface area (TPSA) is 29.5 Å². The summed E-state index contributed by atoms with van der Waals surface area (Å²) in [5, 5.41) is 9.50. The van der Waals surface area contributed by atoms with E-state index < -0.39 is 5.60 Å². The van der Waals surface area contributed by atoms with Crippen molar-refractivity contribution in [3.8, 4) is 0 Å². The summed E-state index contributed by atoms with van der Waals surface area (Å²) in [5.74, 6) is 0.189. The first-order valence-corrected chi connectivity index (χ1v) is 8.17. The average Bonchev–Trinajstić information content (AvgIpc) is 3.01. The number of hydrogen-bond acceptors (Lipinski definition) is 2. The van der Waals surface area contributed by atoms with Gasteiger partial charge in [0.15, 0.2) is 0 Å². The van der Waals surface area contributed by atoms with Crippen molar-refractivity contribution < 1.29 is 9.84 Å². The second kappa shape index (κ2) is 6.30. The third-order valence-corrected chi connectivity index (χ3v) is 5.46. The zero-order valence-electron chi connectivity index (χ0n) is 11.8. The molecule has 110 valence electrons. The fourth-order valence-electron chi connectivity index (χ4n) is 3.07. The molecule has 3 rings (SSSR count). The van der Waals surface area contributed by atoms with Crippen LogP contribution >= 0.6 is 15.9 Å². The molecule has 1 heterocycles.